The van der Waals surface area contributed by atoms with E-state index in [-0.39, 0.29) is 5.97 Å². The lowest BCUT2D eigenvalue weighted by molar-refractivity contribution is -0.282. The van der Waals surface area contributed by atoms with Gasteiger partial charge in [0.25, 0.3) is 0 Å². The number of esters is 1. The van der Waals surface area contributed by atoms with Crippen LogP contribution in [0.4, 0.5) is 11.4 Å². The summed E-state index contributed by atoms with van der Waals surface area (Å²) in [7, 11) is 2.86. The fourth-order valence-corrected chi connectivity index (χ4v) is 3.70. The van der Waals surface area contributed by atoms with Gasteiger partial charge < -0.3 is 4.74 Å². The number of rotatable bonds is 8. The third-order valence-corrected chi connectivity index (χ3v) is 5.78. The number of hydrogen-bond donors (Lipinski definition) is 0. The van der Waals surface area contributed by atoms with Crippen molar-refractivity contribution in [3.05, 3.63) is 81.5 Å². The highest BCUT2D eigenvalue weighted by Gasteiger charge is 2.08. The molecule has 0 unspecified atom stereocenters. The van der Waals surface area contributed by atoms with Gasteiger partial charge in [0.15, 0.2) is 0 Å². The van der Waals surface area contributed by atoms with Gasteiger partial charge in [-0.15, -0.1) is 11.3 Å². The minimum absolute atomic E-state index is 0.358. The largest absolute Gasteiger partial charge is 0.465 e. The first-order chi connectivity index (χ1) is 15.0. The summed E-state index contributed by atoms with van der Waals surface area (Å²) in [4.78, 5) is 32.6. The van der Waals surface area contributed by atoms with Crippen molar-refractivity contribution in [2.45, 2.75) is 20.5 Å². The molecule has 0 N–H and O–H groups in total. The molecule has 0 amide bonds. The minimum Gasteiger partial charge on any atom is -0.465 e. The van der Waals surface area contributed by atoms with Crippen LogP contribution in [0.5, 0.6) is 0 Å². The Bertz CT molecular complexity index is 1080. The van der Waals surface area contributed by atoms with Crippen LogP contribution in [0.25, 0.3) is 0 Å². The molecule has 7 heteroatoms. The van der Waals surface area contributed by atoms with Crippen LogP contribution in [0, 0.1) is 0 Å². The van der Waals surface area contributed by atoms with Gasteiger partial charge >= 0.3 is 5.97 Å². The Morgan fingerprint density at radius 1 is 0.806 bits per heavy atom. The maximum atomic E-state index is 11.5. The molecule has 0 aliphatic rings. The molecule has 0 radical (unpaired) electrons. The molecule has 1 heterocycles. The number of ether oxygens (including phenoxy) is 1. The number of carbonyl (C=O) groups excluding carboxylic acids is 1. The van der Waals surface area contributed by atoms with E-state index in [9.17, 15) is 4.79 Å². The summed E-state index contributed by atoms with van der Waals surface area (Å²) in [5.41, 5.74) is 5.02. The molecule has 2 aromatic carbocycles. The normalized spacial score (nSPS) is 12.1. The number of hydrogen-bond acceptors (Lipinski definition) is 7. The molecule has 6 nitrogen and oxygen atoms in total. The monoisotopic (exact) mass is 436 g/mol. The Hall–Kier alpha value is -3.13. The zero-order valence-electron chi connectivity index (χ0n) is 17.9. The van der Waals surface area contributed by atoms with Crippen LogP contribution in [0.3, 0.4) is 0 Å². The van der Waals surface area contributed by atoms with Gasteiger partial charge in [0.1, 0.15) is 6.61 Å². The Kier molecular flexibility index (Phi) is 7.83. The minimum atomic E-state index is -0.358. The lowest BCUT2D eigenvalue weighted by Gasteiger charge is -2.02. The van der Waals surface area contributed by atoms with Crippen LogP contribution >= 0.6 is 11.3 Å². The van der Waals surface area contributed by atoms with Crippen molar-refractivity contribution in [3.8, 4) is 0 Å². The van der Waals surface area contributed by atoms with E-state index in [1.54, 1.807) is 35.6 Å². The first kappa shape index (κ1) is 22.6. The van der Waals surface area contributed by atoms with Crippen molar-refractivity contribution in [2.75, 3.05) is 14.2 Å². The highest BCUT2D eigenvalue weighted by atomic mass is 32.1. The Morgan fingerprint density at radius 3 is 1.81 bits per heavy atom. The summed E-state index contributed by atoms with van der Waals surface area (Å²) in [6.07, 6.45) is 0. The maximum absolute atomic E-state index is 11.5. The predicted octanol–water partition coefficient (Wildman–Crippen LogP) is 5.89. The lowest BCUT2D eigenvalue weighted by atomic mass is 10.2. The molecule has 1 aromatic heterocycles. The highest BCUT2D eigenvalue weighted by Crippen LogP contribution is 2.23. The number of carbonyl (C=O) groups is 1. The average Bonchev–Trinajstić information content (AvgIpc) is 3.29. The van der Waals surface area contributed by atoms with Crippen molar-refractivity contribution in [3.63, 3.8) is 0 Å². The molecule has 0 aliphatic heterocycles. The van der Waals surface area contributed by atoms with Crippen molar-refractivity contribution >= 4 is 40.1 Å². The molecule has 0 saturated carbocycles. The maximum Gasteiger partial charge on any atom is 0.337 e. The zero-order valence-corrected chi connectivity index (χ0v) is 18.7. The summed E-state index contributed by atoms with van der Waals surface area (Å²) < 4.78 is 4.72. The van der Waals surface area contributed by atoms with E-state index in [0.29, 0.717) is 12.2 Å². The van der Waals surface area contributed by atoms with Crippen LogP contribution < -0.4 is 0 Å². The van der Waals surface area contributed by atoms with E-state index in [4.69, 9.17) is 14.6 Å². The number of benzene rings is 2. The second-order valence-corrected chi connectivity index (χ2v) is 7.78. The van der Waals surface area contributed by atoms with E-state index in [0.717, 1.165) is 38.1 Å². The van der Waals surface area contributed by atoms with E-state index < -0.39 is 0 Å². The Balaban J connectivity index is 1.71. The van der Waals surface area contributed by atoms with Crippen molar-refractivity contribution < 1.29 is 19.3 Å². The summed E-state index contributed by atoms with van der Waals surface area (Å²) >= 11 is 1.64. The van der Waals surface area contributed by atoms with Gasteiger partial charge in [-0.25, -0.2) is 14.6 Å². The van der Waals surface area contributed by atoms with Crippen molar-refractivity contribution in [2.24, 2.45) is 9.98 Å². The Labute approximate surface area is 185 Å². The van der Waals surface area contributed by atoms with Gasteiger partial charge in [-0.3, -0.25) is 9.98 Å². The van der Waals surface area contributed by atoms with Gasteiger partial charge in [0, 0.05) is 9.75 Å². The average molecular weight is 437 g/mol. The summed E-state index contributed by atoms with van der Waals surface area (Å²) in [6, 6.07) is 19.0. The van der Waals surface area contributed by atoms with Crippen molar-refractivity contribution in [1.82, 2.24) is 0 Å². The summed E-state index contributed by atoms with van der Waals surface area (Å²) in [5.74, 6) is -0.358. The Morgan fingerprint density at radius 2 is 1.32 bits per heavy atom. The second kappa shape index (κ2) is 10.8. The van der Waals surface area contributed by atoms with E-state index in [2.05, 4.69) is 15.9 Å². The quantitative estimate of drug-likeness (QED) is 0.191. The first-order valence-corrected chi connectivity index (χ1v) is 10.5. The van der Waals surface area contributed by atoms with Crippen LogP contribution in [-0.4, -0.2) is 31.6 Å². The smallest absolute Gasteiger partial charge is 0.337 e. The molecule has 0 fully saturated rings. The van der Waals surface area contributed by atoms with Gasteiger partial charge in [0.2, 0.25) is 0 Å². The van der Waals surface area contributed by atoms with Gasteiger partial charge in [-0.2, -0.15) is 0 Å². The lowest BCUT2D eigenvalue weighted by Crippen LogP contribution is -1.99. The van der Waals surface area contributed by atoms with Gasteiger partial charge in [-0.05, 0) is 67.9 Å². The third kappa shape index (κ3) is 6.18. The summed E-state index contributed by atoms with van der Waals surface area (Å²) in [5, 5.41) is 0. The van der Waals surface area contributed by atoms with E-state index >= 15 is 0 Å². The highest BCUT2D eigenvalue weighted by molar-refractivity contribution is 7.16. The molecule has 0 bridgehead atoms. The SMILES string of the molecule is COOCc1ccc(N=C(C)c2ccc(C(C)=Nc3ccc(C(=O)OC)cc3)s2)cc1. The number of thiophene rings is 1. The van der Waals surface area contributed by atoms with Gasteiger partial charge in [-0.1, -0.05) is 12.1 Å². The number of methoxy groups -OCH3 is 1. The van der Waals surface area contributed by atoms with Crippen LogP contribution in [0.15, 0.2) is 70.6 Å². The van der Waals surface area contributed by atoms with Crippen LogP contribution in [-0.2, 0) is 21.1 Å². The van der Waals surface area contributed by atoms with E-state index in [1.807, 2.05) is 44.2 Å². The van der Waals surface area contributed by atoms with Crippen LogP contribution in [0.2, 0.25) is 0 Å². The molecule has 3 rings (SSSR count). The zero-order chi connectivity index (χ0) is 22.2. The van der Waals surface area contributed by atoms with Crippen LogP contribution in [0.1, 0.15) is 39.5 Å². The van der Waals surface area contributed by atoms with Crippen molar-refractivity contribution in [1.29, 1.82) is 0 Å². The molecular weight excluding hydrogens is 412 g/mol. The molecule has 0 aliphatic carbocycles. The third-order valence-electron chi connectivity index (χ3n) is 4.48. The predicted molar refractivity (Wildman–Crippen MR) is 124 cm³/mol. The fraction of sp³-hybridized carbons (Fsp3) is 0.208. The molecule has 0 atom stereocenters. The molecular formula is C24H24N2O4S. The molecule has 31 heavy (non-hydrogen) atoms. The second-order valence-electron chi connectivity index (χ2n) is 6.69. The standard InChI is InChI=1S/C24H24N2O4S/c1-16(25-20-9-5-18(6-10-20)15-30-29-4)22-13-14-23(31-22)17(2)26-21-11-7-19(8-12-21)24(27)28-3/h5-14H,15H2,1-4H3. The van der Waals surface area contributed by atoms with Gasteiger partial charge in [0.05, 0.1) is 42.6 Å². The summed E-state index contributed by atoms with van der Waals surface area (Å²) in [6.45, 7) is 4.37. The fourth-order valence-electron chi connectivity index (χ4n) is 2.81. The first-order valence-electron chi connectivity index (χ1n) is 9.64. The molecule has 0 spiro atoms. The van der Waals surface area contributed by atoms with E-state index in [1.165, 1.54) is 14.2 Å². The number of aliphatic imine (C=N–C) groups is 2. The number of nitrogens with zero attached hydrogens (tertiary/aromatic N) is 2. The molecule has 0 saturated heterocycles. The molecule has 160 valence electrons. The topological polar surface area (TPSA) is 69.5 Å². The molecule has 3 aromatic rings.